The van der Waals surface area contributed by atoms with Crippen molar-refractivity contribution >= 4 is 216 Å². The Kier molecular flexibility index (Phi) is 15.4. The molecule has 28 rings (SSSR count). The molecule has 0 bridgehead atoms. The molecule has 0 N–H and O–H groups in total. The molecule has 0 unspecified atom stereocenters. The van der Waals surface area contributed by atoms with Gasteiger partial charge in [-0.2, -0.15) is 0 Å². The molecule has 574 valence electrons. The molecule has 0 radical (unpaired) electrons. The number of hydrogen-bond donors (Lipinski definition) is 0. The fourth-order valence-electron chi connectivity index (χ4n) is 19.9. The predicted octanol–water partition coefficient (Wildman–Crippen LogP) is 32.9. The van der Waals surface area contributed by atoms with E-state index in [2.05, 4.69) is 413 Å². The molecule has 0 saturated heterocycles. The molecule has 0 aliphatic rings. The topological polar surface area (TPSA) is 59.1 Å². The van der Waals surface area contributed by atoms with Crippen LogP contribution < -0.4 is 0 Å². The van der Waals surface area contributed by atoms with E-state index in [1.165, 1.54) is 139 Å². The van der Waals surface area contributed by atoms with Gasteiger partial charge in [0.15, 0.2) is 0 Å². The van der Waals surface area contributed by atoms with E-state index >= 15 is 0 Å². The second-order valence-electron chi connectivity index (χ2n) is 32.0. The van der Waals surface area contributed by atoms with Gasteiger partial charge in [0.25, 0.3) is 0 Å². The summed E-state index contributed by atoms with van der Waals surface area (Å²) in [6.45, 7) is 0. The number of furan rings is 3. The molecule has 0 aliphatic carbocycles. The summed E-state index contributed by atoms with van der Waals surface area (Å²) in [6, 6.07) is 148. The van der Waals surface area contributed by atoms with Crippen LogP contribution in [-0.4, -0.2) is 18.3 Å². The first-order valence-electron chi connectivity index (χ1n) is 41.8. The molecule has 28 aromatic rings. The van der Waals surface area contributed by atoms with Crippen molar-refractivity contribution in [2.45, 2.75) is 0 Å². The van der Waals surface area contributed by atoms with Crippen LogP contribution in [-0.2, 0) is 0 Å². The Morgan fingerprint density at radius 2 is 0.496 bits per heavy atom. The number of para-hydroxylation sites is 8. The second kappa shape index (κ2) is 27.4. The van der Waals surface area contributed by atoms with E-state index in [0.717, 1.165) is 110 Å². The highest BCUT2D eigenvalue weighted by molar-refractivity contribution is 7.26. The summed E-state index contributed by atoms with van der Waals surface area (Å²) < 4.78 is 34.2. The maximum atomic E-state index is 6.48. The van der Waals surface area contributed by atoms with Gasteiger partial charge in [-0.05, 0) is 185 Å². The van der Waals surface area contributed by atoms with Crippen molar-refractivity contribution in [3.05, 3.63) is 413 Å². The lowest BCUT2D eigenvalue weighted by Crippen LogP contribution is -1.94. The average Bonchev–Trinajstić information content (AvgIpc) is 1.57. The lowest BCUT2D eigenvalue weighted by Gasteiger charge is -2.11. The van der Waals surface area contributed by atoms with Crippen molar-refractivity contribution in [2.24, 2.45) is 0 Å². The van der Waals surface area contributed by atoms with Crippen molar-refractivity contribution in [3.63, 3.8) is 0 Å². The normalized spacial score (nSPS) is 12.1. The number of fused-ring (bicyclic) bond motifs is 30. The molecule has 0 atom stereocenters. The van der Waals surface area contributed by atoms with Crippen LogP contribution in [0.25, 0.3) is 250 Å². The van der Waals surface area contributed by atoms with Crippen LogP contribution in [0.4, 0.5) is 0 Å². The van der Waals surface area contributed by atoms with Crippen LogP contribution in [0.5, 0.6) is 0 Å². The minimum Gasteiger partial charge on any atom is -0.455 e. The average molecular weight is 1610 g/mol. The number of rotatable bonds is 7. The quantitative estimate of drug-likeness (QED) is 0.160. The lowest BCUT2D eigenvalue weighted by molar-refractivity contribution is 0.672. The summed E-state index contributed by atoms with van der Waals surface area (Å²) in [5, 5.41) is 21.9. The molecule has 19 aromatic carbocycles. The molecular formula is C114H68N4O3S2. The molecule has 9 heteroatoms. The van der Waals surface area contributed by atoms with E-state index in [1.807, 2.05) is 40.9 Å². The third-order valence-electron chi connectivity index (χ3n) is 25.3. The molecule has 0 fully saturated rings. The first kappa shape index (κ1) is 69.2. The molecule has 0 saturated carbocycles. The van der Waals surface area contributed by atoms with Crippen molar-refractivity contribution in [1.82, 2.24) is 18.3 Å². The number of aromatic nitrogens is 4. The van der Waals surface area contributed by atoms with Gasteiger partial charge in [-0.25, -0.2) is 0 Å². The Labute approximate surface area is 711 Å². The summed E-state index contributed by atoms with van der Waals surface area (Å²) in [4.78, 5) is 0. The summed E-state index contributed by atoms with van der Waals surface area (Å²) in [6.07, 6.45) is 0. The standard InChI is InChI=1S/C42H26N2O.2C36H21NOS/c1-2-10-29(11-3-1)43-36-15-7-4-12-31(36)35-26-28(20-24-38(35)43)27-18-21-30(22-19-27)44-37-16-8-5-14-34(37)41-39(44)25-23-33-32-13-6-9-17-40(32)45-42(33)41;1-4-16-30-29(13-1)34-31(20-19-27-25-11-2-5-17-32(25)38-35(27)34)37(30)23-10-7-9-22(21-23)24-14-8-15-28-26-12-3-6-18-33(26)39-36(24)28;1-4-13-30-29(10-1)34-31(21-20-27-25-8-2-5-14-32(25)38-35(27)34)37(30)23-18-16-22(17-19-23)24-11-7-12-28-26-9-3-6-15-33(26)39-36(24)28/h1-26H;2*1-21H. The first-order chi connectivity index (χ1) is 61.0. The van der Waals surface area contributed by atoms with E-state index in [9.17, 15) is 0 Å². The van der Waals surface area contributed by atoms with Crippen LogP contribution in [0.2, 0.25) is 0 Å². The third kappa shape index (κ3) is 10.6. The number of benzene rings is 19. The molecule has 9 aromatic heterocycles. The highest BCUT2D eigenvalue weighted by Gasteiger charge is 2.25. The molecule has 0 spiro atoms. The van der Waals surface area contributed by atoms with Crippen LogP contribution in [0.3, 0.4) is 0 Å². The van der Waals surface area contributed by atoms with Gasteiger partial charge < -0.3 is 31.5 Å². The van der Waals surface area contributed by atoms with Crippen LogP contribution >= 0.6 is 22.7 Å². The first-order valence-corrected chi connectivity index (χ1v) is 43.4. The molecule has 0 aliphatic heterocycles. The van der Waals surface area contributed by atoms with Gasteiger partial charge >= 0.3 is 0 Å². The van der Waals surface area contributed by atoms with E-state index in [4.69, 9.17) is 13.3 Å². The molecule has 0 amide bonds. The minimum atomic E-state index is 0.921. The zero-order chi connectivity index (χ0) is 80.5. The number of thiophene rings is 2. The monoisotopic (exact) mass is 1600 g/mol. The van der Waals surface area contributed by atoms with Gasteiger partial charge in [-0.1, -0.05) is 261 Å². The number of hydrogen-bond acceptors (Lipinski definition) is 5. The number of nitrogens with zero attached hydrogens (tertiary/aromatic N) is 4. The fraction of sp³-hybridized carbons (Fsp3) is 0. The van der Waals surface area contributed by atoms with E-state index < -0.39 is 0 Å². The summed E-state index contributed by atoms with van der Waals surface area (Å²) >= 11 is 3.75. The largest absolute Gasteiger partial charge is 0.455 e. The lowest BCUT2D eigenvalue weighted by atomic mass is 10.0. The maximum absolute atomic E-state index is 6.48. The molecule has 7 nitrogen and oxygen atoms in total. The molecular weight excluding hydrogens is 1540 g/mol. The van der Waals surface area contributed by atoms with Crippen molar-refractivity contribution in [3.8, 4) is 56.1 Å². The van der Waals surface area contributed by atoms with Gasteiger partial charge in [0, 0.05) is 122 Å². The minimum absolute atomic E-state index is 0.921. The Balaban J connectivity index is 0.0000000993. The van der Waals surface area contributed by atoms with Gasteiger partial charge in [0.05, 0.1) is 60.3 Å². The van der Waals surface area contributed by atoms with Crippen LogP contribution in [0.1, 0.15) is 0 Å². The van der Waals surface area contributed by atoms with Crippen LogP contribution in [0.15, 0.2) is 426 Å². The van der Waals surface area contributed by atoms with Gasteiger partial charge in [-0.15, -0.1) is 22.7 Å². The van der Waals surface area contributed by atoms with Gasteiger partial charge in [0.2, 0.25) is 0 Å². The van der Waals surface area contributed by atoms with Crippen molar-refractivity contribution in [2.75, 3.05) is 0 Å². The highest BCUT2D eigenvalue weighted by atomic mass is 32.1. The van der Waals surface area contributed by atoms with Crippen molar-refractivity contribution < 1.29 is 13.3 Å². The van der Waals surface area contributed by atoms with Gasteiger partial charge in [-0.3, -0.25) is 0 Å². The van der Waals surface area contributed by atoms with E-state index in [0.29, 0.717) is 0 Å². The summed E-state index contributed by atoms with van der Waals surface area (Å²) in [7, 11) is 0. The Hall–Kier alpha value is -15.8. The Bertz CT molecular complexity index is 9220. The molecule has 9 heterocycles. The Morgan fingerprint density at radius 3 is 0.976 bits per heavy atom. The van der Waals surface area contributed by atoms with E-state index in [1.54, 1.807) is 0 Å². The zero-order valence-electron chi connectivity index (χ0n) is 66.1. The highest BCUT2D eigenvalue weighted by Crippen LogP contribution is 2.48. The van der Waals surface area contributed by atoms with Crippen molar-refractivity contribution in [1.29, 1.82) is 0 Å². The Morgan fingerprint density at radius 1 is 0.171 bits per heavy atom. The summed E-state index contributed by atoms with van der Waals surface area (Å²) in [5.74, 6) is 0. The summed E-state index contributed by atoms with van der Waals surface area (Å²) in [5.41, 5.74) is 27.0. The fourth-order valence-corrected chi connectivity index (χ4v) is 22.4. The zero-order valence-corrected chi connectivity index (χ0v) is 67.7. The third-order valence-corrected chi connectivity index (χ3v) is 27.8. The van der Waals surface area contributed by atoms with Crippen LogP contribution in [0, 0.1) is 0 Å². The smallest absolute Gasteiger partial charge is 0.145 e. The predicted molar refractivity (Wildman–Crippen MR) is 521 cm³/mol. The van der Waals surface area contributed by atoms with Gasteiger partial charge in [0.1, 0.15) is 33.5 Å². The molecule has 123 heavy (non-hydrogen) atoms. The van der Waals surface area contributed by atoms with E-state index in [-0.39, 0.29) is 0 Å². The SMILES string of the molecule is c1cc(-c2cccc3c2sc2ccccc23)cc(-n2c3ccccc3c3c4oc5ccccc5c4ccc32)c1.c1ccc(-n2c3ccccc3c3cc(-c4ccc(-n5c6ccccc6c6c7oc8ccccc8c7ccc65)cc4)ccc32)cc1.c1ccc2c(c1)oc1c2ccc2c1c1ccccc1n2-c1ccc(-c2cccc3c2sc2ccccc23)cc1. The maximum Gasteiger partial charge on any atom is 0.145 e. The second-order valence-corrected chi connectivity index (χ2v) is 34.1.